The Kier molecular flexibility index (Phi) is 5.34. The van der Waals surface area contributed by atoms with E-state index in [0.29, 0.717) is 13.2 Å². The fourth-order valence-electron chi connectivity index (χ4n) is 3.59. The molecule has 0 saturated carbocycles. The lowest BCUT2D eigenvalue weighted by Crippen LogP contribution is -2.23. The lowest BCUT2D eigenvalue weighted by atomic mass is 10.1. The molecule has 152 valence electrons. The van der Waals surface area contributed by atoms with Crippen molar-refractivity contribution in [1.82, 2.24) is 9.47 Å². The Balaban J connectivity index is 1.56. The second-order valence-corrected chi connectivity index (χ2v) is 6.91. The van der Waals surface area contributed by atoms with Gasteiger partial charge in [-0.2, -0.15) is 13.2 Å². The third-order valence-electron chi connectivity index (χ3n) is 5.02. The number of ether oxygens (including phenoxy) is 2. The van der Waals surface area contributed by atoms with Crippen LogP contribution in [0.1, 0.15) is 22.9 Å². The van der Waals surface area contributed by atoms with Gasteiger partial charge in [0.15, 0.2) is 0 Å². The van der Waals surface area contributed by atoms with Crippen molar-refractivity contribution in [3.63, 3.8) is 0 Å². The molecule has 29 heavy (non-hydrogen) atoms. The molecule has 0 amide bonds. The molecule has 4 nitrogen and oxygen atoms in total. The van der Waals surface area contributed by atoms with E-state index in [-0.39, 0.29) is 11.9 Å². The SMILES string of the molecule is COc1ccc(CN2CCOC2c2ccn(-c3ccccc3C(F)(F)F)c2)cc1. The minimum Gasteiger partial charge on any atom is -0.497 e. The number of methoxy groups -OCH3 is 1. The van der Waals surface area contributed by atoms with Crippen LogP contribution in [0.15, 0.2) is 67.0 Å². The quantitative estimate of drug-likeness (QED) is 0.599. The first-order chi connectivity index (χ1) is 14.0. The first-order valence-electron chi connectivity index (χ1n) is 9.29. The lowest BCUT2D eigenvalue weighted by Gasteiger charge is -2.22. The Morgan fingerprint density at radius 3 is 2.55 bits per heavy atom. The highest BCUT2D eigenvalue weighted by Gasteiger charge is 2.34. The van der Waals surface area contributed by atoms with E-state index in [0.717, 1.165) is 29.5 Å². The molecule has 2 heterocycles. The van der Waals surface area contributed by atoms with E-state index in [4.69, 9.17) is 9.47 Å². The molecular formula is C22H21F3N2O2. The maximum atomic E-state index is 13.3. The van der Waals surface area contributed by atoms with Gasteiger partial charge in [0.2, 0.25) is 0 Å². The lowest BCUT2D eigenvalue weighted by molar-refractivity contribution is -0.137. The molecule has 1 saturated heterocycles. The normalized spacial score (nSPS) is 17.6. The molecule has 2 aromatic carbocycles. The van der Waals surface area contributed by atoms with Crippen LogP contribution in [0.25, 0.3) is 5.69 Å². The maximum Gasteiger partial charge on any atom is 0.418 e. The van der Waals surface area contributed by atoms with Gasteiger partial charge in [-0.1, -0.05) is 24.3 Å². The van der Waals surface area contributed by atoms with E-state index in [2.05, 4.69) is 4.90 Å². The fourth-order valence-corrected chi connectivity index (χ4v) is 3.59. The van der Waals surface area contributed by atoms with Crippen molar-refractivity contribution in [2.75, 3.05) is 20.3 Å². The summed E-state index contributed by atoms with van der Waals surface area (Å²) in [6, 6.07) is 15.2. The molecule has 1 aliphatic heterocycles. The van der Waals surface area contributed by atoms with Crippen LogP contribution in [0.2, 0.25) is 0 Å². The first kappa shape index (κ1) is 19.5. The molecule has 0 radical (unpaired) electrons. The summed E-state index contributed by atoms with van der Waals surface area (Å²) in [5.41, 5.74) is 1.38. The van der Waals surface area contributed by atoms with E-state index in [9.17, 15) is 13.2 Å². The summed E-state index contributed by atoms with van der Waals surface area (Å²) in [5, 5.41) is 0. The molecular weight excluding hydrogens is 381 g/mol. The number of alkyl halides is 3. The predicted octanol–water partition coefficient (Wildman–Crippen LogP) is 5.04. The summed E-state index contributed by atoms with van der Waals surface area (Å²) in [4.78, 5) is 2.16. The number of para-hydroxylation sites is 1. The molecule has 1 atom stereocenters. The molecule has 1 aliphatic rings. The van der Waals surface area contributed by atoms with Gasteiger partial charge < -0.3 is 14.0 Å². The average molecular weight is 402 g/mol. The first-order valence-corrected chi connectivity index (χ1v) is 9.29. The van der Waals surface area contributed by atoms with Crippen molar-refractivity contribution in [2.24, 2.45) is 0 Å². The fraction of sp³-hybridized carbons (Fsp3) is 0.273. The Hall–Kier alpha value is -2.77. The van der Waals surface area contributed by atoms with Gasteiger partial charge in [0.05, 0.1) is 25.0 Å². The molecule has 3 aromatic rings. The molecule has 0 spiro atoms. The zero-order chi connectivity index (χ0) is 20.4. The molecule has 1 unspecified atom stereocenters. The van der Waals surface area contributed by atoms with Gasteiger partial charge in [-0.3, -0.25) is 4.90 Å². The minimum atomic E-state index is -4.41. The van der Waals surface area contributed by atoms with Gasteiger partial charge in [-0.15, -0.1) is 0 Å². The Bertz CT molecular complexity index is 967. The summed E-state index contributed by atoms with van der Waals surface area (Å²) in [5.74, 6) is 0.795. The second-order valence-electron chi connectivity index (χ2n) is 6.91. The second kappa shape index (κ2) is 7.93. The smallest absolute Gasteiger partial charge is 0.418 e. The van der Waals surface area contributed by atoms with E-state index in [1.54, 1.807) is 25.6 Å². The molecule has 0 aliphatic carbocycles. The van der Waals surface area contributed by atoms with Crippen LogP contribution in [0.3, 0.4) is 0 Å². The van der Waals surface area contributed by atoms with E-state index in [1.165, 1.54) is 16.7 Å². The maximum absolute atomic E-state index is 13.3. The molecule has 7 heteroatoms. The Morgan fingerprint density at radius 2 is 1.83 bits per heavy atom. The van der Waals surface area contributed by atoms with Crippen LogP contribution < -0.4 is 4.74 Å². The van der Waals surface area contributed by atoms with Gasteiger partial charge in [0.1, 0.15) is 12.0 Å². The zero-order valence-electron chi connectivity index (χ0n) is 15.9. The third kappa shape index (κ3) is 4.16. The number of benzene rings is 2. The number of hydrogen-bond donors (Lipinski definition) is 0. The van der Waals surface area contributed by atoms with Gasteiger partial charge in [-0.05, 0) is 35.9 Å². The summed E-state index contributed by atoms with van der Waals surface area (Å²) in [7, 11) is 1.63. The Morgan fingerprint density at radius 1 is 1.07 bits per heavy atom. The molecule has 0 bridgehead atoms. The van der Waals surface area contributed by atoms with Crippen molar-refractivity contribution >= 4 is 0 Å². The highest BCUT2D eigenvalue weighted by Crippen LogP contribution is 2.35. The highest BCUT2D eigenvalue weighted by molar-refractivity contribution is 5.44. The Labute approximate surface area is 167 Å². The molecule has 1 aromatic heterocycles. The van der Waals surface area contributed by atoms with Crippen LogP contribution in [-0.4, -0.2) is 29.7 Å². The third-order valence-corrected chi connectivity index (χ3v) is 5.02. The van der Waals surface area contributed by atoms with Crippen molar-refractivity contribution in [1.29, 1.82) is 0 Å². The van der Waals surface area contributed by atoms with Gasteiger partial charge >= 0.3 is 6.18 Å². The topological polar surface area (TPSA) is 26.6 Å². The zero-order valence-corrected chi connectivity index (χ0v) is 15.9. The standard InChI is InChI=1S/C22H21F3N2O2/c1-28-18-8-6-16(7-9-18)14-27-12-13-29-21(27)17-10-11-26(15-17)20-5-3-2-4-19(20)22(23,24)25/h2-11,15,21H,12-14H2,1H3. The number of rotatable bonds is 5. The van der Waals surface area contributed by atoms with Crippen LogP contribution in [0, 0.1) is 0 Å². The summed E-state index contributed by atoms with van der Waals surface area (Å²) < 4.78 is 52.6. The summed E-state index contributed by atoms with van der Waals surface area (Å²) >= 11 is 0. The monoisotopic (exact) mass is 402 g/mol. The van der Waals surface area contributed by atoms with Crippen LogP contribution >= 0.6 is 0 Å². The average Bonchev–Trinajstić information content (AvgIpc) is 3.37. The van der Waals surface area contributed by atoms with E-state index in [1.807, 2.05) is 30.3 Å². The van der Waals surface area contributed by atoms with Crippen LogP contribution in [-0.2, 0) is 17.5 Å². The van der Waals surface area contributed by atoms with Gasteiger partial charge in [-0.25, -0.2) is 0 Å². The summed E-state index contributed by atoms with van der Waals surface area (Å²) in [6.45, 7) is 2.01. The number of hydrogen-bond acceptors (Lipinski definition) is 3. The molecule has 1 fully saturated rings. The van der Waals surface area contributed by atoms with Crippen molar-refractivity contribution < 1.29 is 22.6 Å². The van der Waals surface area contributed by atoms with Gasteiger partial charge in [0.25, 0.3) is 0 Å². The van der Waals surface area contributed by atoms with Crippen molar-refractivity contribution in [3.05, 3.63) is 83.7 Å². The molecule has 4 rings (SSSR count). The predicted molar refractivity (Wildman–Crippen MR) is 103 cm³/mol. The summed E-state index contributed by atoms with van der Waals surface area (Å²) in [6.07, 6.45) is -1.35. The number of halogens is 3. The number of nitrogens with zero attached hydrogens (tertiary/aromatic N) is 2. The van der Waals surface area contributed by atoms with Crippen molar-refractivity contribution in [3.8, 4) is 11.4 Å². The van der Waals surface area contributed by atoms with E-state index >= 15 is 0 Å². The van der Waals surface area contributed by atoms with Gasteiger partial charge in [0, 0.05) is 31.0 Å². The number of aromatic nitrogens is 1. The van der Waals surface area contributed by atoms with E-state index < -0.39 is 11.7 Å². The van der Waals surface area contributed by atoms with Crippen LogP contribution in [0.5, 0.6) is 5.75 Å². The highest BCUT2D eigenvalue weighted by atomic mass is 19.4. The van der Waals surface area contributed by atoms with Crippen LogP contribution in [0.4, 0.5) is 13.2 Å². The van der Waals surface area contributed by atoms with Crippen molar-refractivity contribution in [2.45, 2.75) is 18.9 Å². The minimum absolute atomic E-state index is 0.103. The largest absolute Gasteiger partial charge is 0.497 e. The molecule has 0 N–H and O–H groups in total.